The van der Waals surface area contributed by atoms with E-state index < -0.39 is 0 Å². The highest BCUT2D eigenvalue weighted by Gasteiger charge is 2.23. The number of carbonyl (C=O) groups excluding carboxylic acids is 1. The Morgan fingerprint density at radius 3 is 2.87 bits per heavy atom. The van der Waals surface area contributed by atoms with Crippen molar-refractivity contribution in [2.24, 2.45) is 5.92 Å². The smallest absolute Gasteiger partial charge is 0.251 e. The predicted octanol–water partition coefficient (Wildman–Crippen LogP) is 2.87. The van der Waals surface area contributed by atoms with Gasteiger partial charge in [0.15, 0.2) is 0 Å². The van der Waals surface area contributed by atoms with Crippen LogP contribution in [0, 0.1) is 5.92 Å². The molecule has 4 nitrogen and oxygen atoms in total. The van der Waals surface area contributed by atoms with Gasteiger partial charge in [-0.25, -0.2) is 0 Å². The van der Waals surface area contributed by atoms with Crippen LogP contribution in [0.2, 0.25) is 0 Å². The minimum Gasteiger partial charge on any atom is -0.376 e. The number of nitrogens with one attached hydrogen (secondary N) is 2. The van der Waals surface area contributed by atoms with Crippen molar-refractivity contribution in [1.82, 2.24) is 10.6 Å². The molecule has 2 N–H and O–H groups in total. The van der Waals surface area contributed by atoms with Crippen LogP contribution in [0.4, 0.5) is 0 Å². The molecule has 0 bridgehead atoms. The summed E-state index contributed by atoms with van der Waals surface area (Å²) in [6.45, 7) is 4.52. The summed E-state index contributed by atoms with van der Waals surface area (Å²) in [6, 6.07) is 8.47. The Hall–Kier alpha value is -1.39. The lowest BCUT2D eigenvalue weighted by Gasteiger charge is -2.32. The minimum atomic E-state index is -0.00519. The molecular weight excluding hydrogens is 288 g/mol. The van der Waals surface area contributed by atoms with Crippen molar-refractivity contribution in [3.63, 3.8) is 0 Å². The molecule has 1 saturated heterocycles. The molecule has 0 radical (unpaired) electrons. The number of hydrogen-bond acceptors (Lipinski definition) is 3. The Kier molecular flexibility index (Phi) is 5.68. The van der Waals surface area contributed by atoms with Gasteiger partial charge in [-0.05, 0) is 56.2 Å². The van der Waals surface area contributed by atoms with Gasteiger partial charge in [0, 0.05) is 31.3 Å². The van der Waals surface area contributed by atoms with Gasteiger partial charge in [0.2, 0.25) is 0 Å². The van der Waals surface area contributed by atoms with Gasteiger partial charge in [-0.3, -0.25) is 4.79 Å². The summed E-state index contributed by atoms with van der Waals surface area (Å²) in [7, 11) is 0. The second-order valence-electron chi connectivity index (χ2n) is 6.91. The van der Waals surface area contributed by atoms with Crippen molar-refractivity contribution in [3.05, 3.63) is 35.4 Å². The van der Waals surface area contributed by atoms with Crippen LogP contribution < -0.4 is 10.6 Å². The summed E-state index contributed by atoms with van der Waals surface area (Å²) in [5.41, 5.74) is 1.90. The van der Waals surface area contributed by atoms with Crippen molar-refractivity contribution in [1.29, 1.82) is 0 Å². The fraction of sp³-hybridized carbons (Fsp3) is 0.632. The normalized spacial score (nSPS) is 22.6. The lowest BCUT2D eigenvalue weighted by molar-refractivity contribution is 0.0857. The number of amides is 1. The van der Waals surface area contributed by atoms with Crippen LogP contribution in [0.1, 0.15) is 54.9 Å². The van der Waals surface area contributed by atoms with Crippen LogP contribution in [0.5, 0.6) is 0 Å². The molecule has 0 spiro atoms. The van der Waals surface area contributed by atoms with E-state index in [9.17, 15) is 4.79 Å². The molecular formula is C19H28N2O2. The highest BCUT2D eigenvalue weighted by atomic mass is 16.5. The second kappa shape index (κ2) is 7.93. The van der Waals surface area contributed by atoms with Crippen LogP contribution in [-0.2, 0) is 11.3 Å². The third-order valence-corrected chi connectivity index (χ3v) is 5.19. The lowest BCUT2D eigenvalue weighted by atomic mass is 9.80. The van der Waals surface area contributed by atoms with Gasteiger partial charge in [-0.15, -0.1) is 0 Å². The van der Waals surface area contributed by atoms with Crippen LogP contribution in [0.15, 0.2) is 24.3 Å². The zero-order chi connectivity index (χ0) is 16.1. The van der Waals surface area contributed by atoms with Gasteiger partial charge in [-0.2, -0.15) is 0 Å². The van der Waals surface area contributed by atoms with E-state index in [4.69, 9.17) is 4.74 Å². The zero-order valence-corrected chi connectivity index (χ0v) is 14.0. The third-order valence-electron chi connectivity index (χ3n) is 5.19. The van der Waals surface area contributed by atoms with Crippen molar-refractivity contribution in [2.75, 3.05) is 13.2 Å². The molecule has 2 fully saturated rings. The number of hydrogen-bond donors (Lipinski definition) is 2. The maximum Gasteiger partial charge on any atom is 0.251 e. The Balaban J connectivity index is 1.48. The Labute approximate surface area is 139 Å². The number of rotatable bonds is 7. The van der Waals surface area contributed by atoms with Gasteiger partial charge in [0.1, 0.15) is 0 Å². The number of ether oxygens (including phenoxy) is 1. The van der Waals surface area contributed by atoms with Crippen LogP contribution in [0.3, 0.4) is 0 Å². The highest BCUT2D eigenvalue weighted by molar-refractivity contribution is 5.94. The Morgan fingerprint density at radius 2 is 2.17 bits per heavy atom. The van der Waals surface area contributed by atoms with Gasteiger partial charge in [-0.1, -0.05) is 18.6 Å². The fourth-order valence-corrected chi connectivity index (χ4v) is 3.32. The van der Waals surface area contributed by atoms with E-state index >= 15 is 0 Å². The van der Waals surface area contributed by atoms with E-state index in [-0.39, 0.29) is 12.0 Å². The van der Waals surface area contributed by atoms with Crippen molar-refractivity contribution in [2.45, 2.75) is 57.7 Å². The zero-order valence-electron chi connectivity index (χ0n) is 14.0. The average Bonchev–Trinajstić information content (AvgIpc) is 3.02. The monoisotopic (exact) mass is 316 g/mol. The first-order valence-corrected chi connectivity index (χ1v) is 8.94. The number of benzene rings is 1. The van der Waals surface area contributed by atoms with Crippen molar-refractivity contribution in [3.8, 4) is 0 Å². The third kappa shape index (κ3) is 4.55. The molecule has 3 rings (SSSR count). The summed E-state index contributed by atoms with van der Waals surface area (Å²) in [5, 5.41) is 6.58. The molecule has 23 heavy (non-hydrogen) atoms. The fourth-order valence-electron chi connectivity index (χ4n) is 3.32. The lowest BCUT2D eigenvalue weighted by Crippen LogP contribution is -2.36. The van der Waals surface area contributed by atoms with Gasteiger partial charge in [0.25, 0.3) is 5.91 Å². The molecule has 126 valence electrons. The summed E-state index contributed by atoms with van der Waals surface area (Å²) >= 11 is 0. The molecule has 2 aliphatic rings. The van der Waals surface area contributed by atoms with E-state index in [2.05, 4.69) is 23.6 Å². The first-order valence-electron chi connectivity index (χ1n) is 8.94. The largest absolute Gasteiger partial charge is 0.376 e. The maximum absolute atomic E-state index is 12.3. The molecule has 1 heterocycles. The molecule has 1 aromatic carbocycles. The summed E-state index contributed by atoms with van der Waals surface area (Å²) in [5.74, 6) is 0.822. The second-order valence-corrected chi connectivity index (χ2v) is 6.91. The quantitative estimate of drug-likeness (QED) is 0.813. The molecule has 1 aromatic rings. The van der Waals surface area contributed by atoms with Gasteiger partial charge in [0.05, 0.1) is 6.10 Å². The Morgan fingerprint density at radius 1 is 1.30 bits per heavy atom. The van der Waals surface area contributed by atoms with E-state index in [0.717, 1.165) is 37.5 Å². The standard InChI is InChI=1S/C19H28N2O2/c1-14(16-6-3-7-16)20-12-15-5-2-8-17(11-15)19(22)21-13-18-9-4-10-23-18/h2,5,8,11,14,16,18,20H,3-4,6-7,9-10,12-13H2,1H3,(H,21,22)/t14-,18-/m0/s1. The SMILES string of the molecule is C[C@H](NCc1cccc(C(=O)NC[C@@H]2CCCO2)c1)C1CCC1. The molecule has 1 aliphatic carbocycles. The summed E-state index contributed by atoms with van der Waals surface area (Å²) in [4.78, 5) is 12.3. The van der Waals surface area contributed by atoms with Crippen LogP contribution in [-0.4, -0.2) is 31.2 Å². The molecule has 2 atom stereocenters. The van der Waals surface area contributed by atoms with Gasteiger partial charge < -0.3 is 15.4 Å². The van der Waals surface area contributed by atoms with Gasteiger partial charge >= 0.3 is 0 Å². The Bertz CT molecular complexity index is 522. The maximum atomic E-state index is 12.3. The van der Waals surface area contributed by atoms with Crippen LogP contribution >= 0.6 is 0 Å². The topological polar surface area (TPSA) is 50.4 Å². The van der Waals surface area contributed by atoms with Crippen LogP contribution in [0.25, 0.3) is 0 Å². The molecule has 0 aromatic heterocycles. The molecule has 1 aliphatic heterocycles. The van der Waals surface area contributed by atoms with Crippen molar-refractivity contribution < 1.29 is 9.53 Å². The first kappa shape index (κ1) is 16.5. The highest BCUT2D eigenvalue weighted by Crippen LogP contribution is 2.29. The minimum absolute atomic E-state index is 0.00519. The first-order chi connectivity index (χ1) is 11.2. The van der Waals surface area contributed by atoms with E-state index in [0.29, 0.717) is 12.6 Å². The molecule has 1 saturated carbocycles. The van der Waals surface area contributed by atoms with E-state index in [1.54, 1.807) is 0 Å². The van der Waals surface area contributed by atoms with E-state index in [1.807, 2.05) is 18.2 Å². The van der Waals surface area contributed by atoms with Crippen molar-refractivity contribution >= 4 is 5.91 Å². The summed E-state index contributed by atoms with van der Waals surface area (Å²) < 4.78 is 5.54. The average molecular weight is 316 g/mol. The predicted molar refractivity (Wildman–Crippen MR) is 91.4 cm³/mol. The summed E-state index contributed by atoms with van der Waals surface area (Å²) in [6.07, 6.45) is 6.40. The molecule has 0 unspecified atom stereocenters. The molecule has 1 amide bonds. The number of carbonyl (C=O) groups is 1. The molecule has 4 heteroatoms. The van der Waals surface area contributed by atoms with E-state index in [1.165, 1.54) is 24.8 Å².